The number of rotatable bonds is 5. The Hall–Kier alpha value is -2.41. The lowest BCUT2D eigenvalue weighted by atomic mass is 10.1. The van der Waals surface area contributed by atoms with E-state index in [1.54, 1.807) is 17.4 Å². The first kappa shape index (κ1) is 19.9. The molecule has 1 N–H and O–H groups in total. The summed E-state index contributed by atoms with van der Waals surface area (Å²) in [6.07, 6.45) is 4.54. The fourth-order valence-corrected chi connectivity index (χ4v) is 4.96. The number of hydrogen-bond acceptors (Lipinski definition) is 4. The zero-order valence-electron chi connectivity index (χ0n) is 16.5. The summed E-state index contributed by atoms with van der Waals surface area (Å²) in [5.74, 6) is -0.639. The van der Waals surface area contributed by atoms with Crippen LogP contribution in [0.25, 0.3) is 0 Å². The standard InChI is InChI=1S/C22H26FN3O2S/c23-17-4-5-19(25-10-2-1-3-11-25)18(14-17)24-21(27)6-7-22(28)26-12-8-20-16(15-26)9-13-29-20/h4-5,9,13-14H,1-3,6-8,10-12,15H2,(H,24,27). The normalized spacial score (nSPS) is 16.4. The number of hydrogen-bond donors (Lipinski definition) is 1. The van der Waals surface area contributed by atoms with Gasteiger partial charge in [0.05, 0.1) is 11.4 Å². The van der Waals surface area contributed by atoms with Crippen molar-refractivity contribution < 1.29 is 14.0 Å². The first-order valence-electron chi connectivity index (χ1n) is 10.3. The number of fused-ring (bicyclic) bond motifs is 1. The van der Waals surface area contributed by atoms with Gasteiger partial charge in [0.15, 0.2) is 0 Å². The highest BCUT2D eigenvalue weighted by Crippen LogP contribution is 2.30. The van der Waals surface area contributed by atoms with Crippen molar-refractivity contribution in [3.63, 3.8) is 0 Å². The van der Waals surface area contributed by atoms with Gasteiger partial charge in [0.2, 0.25) is 11.8 Å². The molecule has 0 unspecified atom stereocenters. The highest BCUT2D eigenvalue weighted by molar-refractivity contribution is 7.10. The van der Waals surface area contributed by atoms with Crippen molar-refractivity contribution in [1.29, 1.82) is 0 Å². The first-order valence-corrected chi connectivity index (χ1v) is 11.2. The number of nitrogens with zero attached hydrogens (tertiary/aromatic N) is 2. The number of nitrogens with one attached hydrogen (secondary N) is 1. The minimum atomic E-state index is -0.378. The molecule has 0 spiro atoms. The minimum absolute atomic E-state index is 0.00695. The average Bonchev–Trinajstić information content (AvgIpc) is 3.20. The third-order valence-corrected chi connectivity index (χ3v) is 6.68. The van der Waals surface area contributed by atoms with Crippen LogP contribution in [0.3, 0.4) is 0 Å². The summed E-state index contributed by atoms with van der Waals surface area (Å²) in [5, 5.41) is 4.89. The van der Waals surface area contributed by atoms with E-state index in [1.165, 1.54) is 29.0 Å². The zero-order valence-corrected chi connectivity index (χ0v) is 17.3. The van der Waals surface area contributed by atoms with Crippen LogP contribution in [0.4, 0.5) is 15.8 Å². The number of carbonyl (C=O) groups is 2. The molecule has 4 rings (SSSR count). The van der Waals surface area contributed by atoms with Gasteiger partial charge in [-0.15, -0.1) is 11.3 Å². The summed E-state index contributed by atoms with van der Waals surface area (Å²) in [5.41, 5.74) is 2.56. The molecule has 5 nitrogen and oxygen atoms in total. The van der Waals surface area contributed by atoms with Gasteiger partial charge in [0.25, 0.3) is 0 Å². The van der Waals surface area contributed by atoms with Crippen molar-refractivity contribution in [1.82, 2.24) is 4.90 Å². The molecule has 1 fully saturated rings. The monoisotopic (exact) mass is 415 g/mol. The summed E-state index contributed by atoms with van der Waals surface area (Å²) >= 11 is 1.74. The Labute approximate surface area is 174 Å². The molecule has 0 atom stereocenters. The van der Waals surface area contributed by atoms with Crippen LogP contribution < -0.4 is 10.2 Å². The lowest BCUT2D eigenvalue weighted by Crippen LogP contribution is -2.35. The van der Waals surface area contributed by atoms with Crippen molar-refractivity contribution in [3.05, 3.63) is 45.9 Å². The van der Waals surface area contributed by atoms with Gasteiger partial charge < -0.3 is 15.1 Å². The van der Waals surface area contributed by atoms with Gasteiger partial charge in [-0.05, 0) is 60.9 Å². The van der Waals surface area contributed by atoms with Crippen LogP contribution in [0.1, 0.15) is 42.5 Å². The second kappa shape index (κ2) is 8.95. The highest BCUT2D eigenvalue weighted by Gasteiger charge is 2.22. The molecule has 2 amide bonds. The van der Waals surface area contributed by atoms with Crippen LogP contribution in [-0.2, 0) is 22.6 Å². The average molecular weight is 416 g/mol. The third kappa shape index (κ3) is 4.78. The zero-order chi connectivity index (χ0) is 20.2. The second-order valence-electron chi connectivity index (χ2n) is 7.69. The van der Waals surface area contributed by atoms with E-state index in [2.05, 4.69) is 21.7 Å². The lowest BCUT2D eigenvalue weighted by Gasteiger charge is -2.30. The van der Waals surface area contributed by atoms with Crippen LogP contribution >= 0.6 is 11.3 Å². The molecule has 2 aliphatic heterocycles. The van der Waals surface area contributed by atoms with Gasteiger partial charge in [0.1, 0.15) is 5.82 Å². The molecular formula is C22H26FN3O2S. The fraction of sp³-hybridized carbons (Fsp3) is 0.455. The van der Waals surface area contributed by atoms with Crippen molar-refractivity contribution in [3.8, 4) is 0 Å². The van der Waals surface area contributed by atoms with E-state index in [0.29, 0.717) is 18.8 Å². The molecule has 1 aromatic carbocycles. The predicted octanol–water partition coefficient (Wildman–Crippen LogP) is 4.18. The summed E-state index contributed by atoms with van der Waals surface area (Å²) < 4.78 is 13.8. The van der Waals surface area contributed by atoms with Gasteiger partial charge in [0, 0.05) is 43.9 Å². The van der Waals surface area contributed by atoms with E-state index in [1.807, 2.05) is 4.90 Å². The van der Waals surface area contributed by atoms with E-state index in [9.17, 15) is 14.0 Å². The number of carbonyl (C=O) groups excluding carboxylic acids is 2. The van der Waals surface area contributed by atoms with Crippen molar-refractivity contribution in [2.24, 2.45) is 0 Å². The highest BCUT2D eigenvalue weighted by atomic mass is 32.1. The largest absolute Gasteiger partial charge is 0.370 e. The summed E-state index contributed by atoms with van der Waals surface area (Å²) in [6, 6.07) is 6.59. The minimum Gasteiger partial charge on any atom is -0.370 e. The second-order valence-corrected chi connectivity index (χ2v) is 8.69. The molecule has 2 aliphatic rings. The fourth-order valence-electron chi connectivity index (χ4n) is 4.07. The molecule has 1 aromatic heterocycles. The Morgan fingerprint density at radius 2 is 1.90 bits per heavy atom. The predicted molar refractivity (Wildman–Crippen MR) is 114 cm³/mol. The molecule has 0 saturated carbocycles. The molecule has 2 aromatic rings. The number of piperidine rings is 1. The summed E-state index contributed by atoms with van der Waals surface area (Å²) in [4.78, 5) is 30.4. The van der Waals surface area contributed by atoms with Crippen molar-refractivity contribution in [2.45, 2.75) is 45.1 Å². The smallest absolute Gasteiger partial charge is 0.224 e. The Bertz CT molecular complexity index is 892. The van der Waals surface area contributed by atoms with Crippen LogP contribution in [0.5, 0.6) is 0 Å². The summed E-state index contributed by atoms with van der Waals surface area (Å²) in [6.45, 7) is 3.15. The van der Waals surface area contributed by atoms with E-state index >= 15 is 0 Å². The van der Waals surface area contributed by atoms with Crippen molar-refractivity contribution >= 4 is 34.5 Å². The molecule has 0 radical (unpaired) electrons. The van der Waals surface area contributed by atoms with Crippen LogP contribution in [0.2, 0.25) is 0 Å². The molecule has 1 saturated heterocycles. The van der Waals surface area contributed by atoms with Gasteiger partial charge >= 0.3 is 0 Å². The Balaban J connectivity index is 1.34. The maximum Gasteiger partial charge on any atom is 0.224 e. The maximum absolute atomic E-state index is 13.8. The van der Waals surface area contributed by atoms with Gasteiger partial charge in [-0.2, -0.15) is 0 Å². The number of anilines is 2. The number of amides is 2. The van der Waals surface area contributed by atoms with Crippen LogP contribution in [0, 0.1) is 5.82 Å². The van der Waals surface area contributed by atoms with Crippen LogP contribution in [0.15, 0.2) is 29.6 Å². The van der Waals surface area contributed by atoms with E-state index in [0.717, 1.165) is 38.0 Å². The number of thiophene rings is 1. The van der Waals surface area contributed by atoms with Gasteiger partial charge in [-0.25, -0.2) is 4.39 Å². The lowest BCUT2D eigenvalue weighted by molar-refractivity contribution is -0.133. The molecule has 0 aliphatic carbocycles. The Morgan fingerprint density at radius 1 is 1.07 bits per heavy atom. The third-order valence-electron chi connectivity index (χ3n) is 5.66. The molecular weight excluding hydrogens is 389 g/mol. The Kier molecular flexibility index (Phi) is 6.13. The van der Waals surface area contributed by atoms with Crippen molar-refractivity contribution in [2.75, 3.05) is 29.9 Å². The molecule has 29 heavy (non-hydrogen) atoms. The Morgan fingerprint density at radius 3 is 2.72 bits per heavy atom. The maximum atomic E-state index is 13.8. The molecule has 7 heteroatoms. The number of benzene rings is 1. The van der Waals surface area contributed by atoms with E-state index < -0.39 is 0 Å². The van der Waals surface area contributed by atoms with E-state index in [4.69, 9.17) is 0 Å². The topological polar surface area (TPSA) is 52.7 Å². The first-order chi connectivity index (χ1) is 14.1. The SMILES string of the molecule is O=C(CCC(=O)N1CCc2sccc2C1)Nc1cc(F)ccc1N1CCCCC1. The molecule has 0 bridgehead atoms. The molecule has 3 heterocycles. The molecule has 154 valence electrons. The van der Waals surface area contributed by atoms with Crippen LogP contribution in [-0.4, -0.2) is 36.3 Å². The number of halogens is 1. The van der Waals surface area contributed by atoms with E-state index in [-0.39, 0.29) is 30.5 Å². The van der Waals surface area contributed by atoms with Gasteiger partial charge in [-0.3, -0.25) is 9.59 Å². The van der Waals surface area contributed by atoms with Gasteiger partial charge in [-0.1, -0.05) is 0 Å². The quantitative estimate of drug-likeness (QED) is 0.797. The summed E-state index contributed by atoms with van der Waals surface area (Å²) in [7, 11) is 0.